The summed E-state index contributed by atoms with van der Waals surface area (Å²) in [6, 6.07) is 0. The summed E-state index contributed by atoms with van der Waals surface area (Å²) < 4.78 is 0. The number of hydrogen-bond donors (Lipinski definition) is 4. The molecule has 0 saturated carbocycles. The molecule has 0 rings (SSSR count). The van der Waals surface area contributed by atoms with Gasteiger partial charge in [-0.1, -0.05) is 0 Å². The van der Waals surface area contributed by atoms with Gasteiger partial charge in [0.25, 0.3) is 0 Å². The fraction of sp³-hybridized carbons (Fsp3) is 0.714. The molecule has 0 aliphatic rings. The highest BCUT2D eigenvalue weighted by atomic mass is 16.4. The highest BCUT2D eigenvalue weighted by molar-refractivity contribution is 5.56. The molecule has 6 nitrogen and oxygen atoms in total. The van der Waals surface area contributed by atoms with Crippen molar-refractivity contribution in [3.8, 4) is 0 Å². The van der Waals surface area contributed by atoms with Crippen LogP contribution in [0.4, 0.5) is 0 Å². The zero-order valence-electron chi connectivity index (χ0n) is 7.20. The van der Waals surface area contributed by atoms with Gasteiger partial charge in [0.05, 0.1) is 6.61 Å². The van der Waals surface area contributed by atoms with Gasteiger partial charge in [-0.3, -0.25) is 0 Å². The van der Waals surface area contributed by atoms with Crippen LogP contribution in [0.5, 0.6) is 0 Å². The second kappa shape index (κ2) is 9.27. The van der Waals surface area contributed by atoms with Gasteiger partial charge in [-0.05, 0) is 6.92 Å². The second-order valence-electron chi connectivity index (χ2n) is 2.10. The number of carbonyl (C=O) groups excluding carboxylic acids is 2. The molecule has 6 heteroatoms. The first kappa shape index (κ1) is 14.7. The highest BCUT2D eigenvalue weighted by Crippen LogP contribution is 1.96. The largest absolute Gasteiger partial charge is 0.394 e. The second-order valence-corrected chi connectivity index (χ2v) is 2.10. The summed E-state index contributed by atoms with van der Waals surface area (Å²) >= 11 is 0. The number of rotatable bonds is 4. The topological polar surface area (TPSA) is 115 Å². The lowest BCUT2D eigenvalue weighted by Gasteiger charge is -2.16. The molecular formula is C7H14O6. The van der Waals surface area contributed by atoms with Crippen molar-refractivity contribution in [2.24, 2.45) is 0 Å². The van der Waals surface area contributed by atoms with Crippen molar-refractivity contribution in [2.45, 2.75) is 25.2 Å². The van der Waals surface area contributed by atoms with Crippen molar-refractivity contribution >= 4 is 12.6 Å². The van der Waals surface area contributed by atoms with E-state index in [4.69, 9.17) is 25.2 Å². The summed E-state index contributed by atoms with van der Waals surface area (Å²) in [5, 5.41) is 34.1. The summed E-state index contributed by atoms with van der Waals surface area (Å²) in [5.41, 5.74) is 0. The first-order valence-corrected chi connectivity index (χ1v) is 3.55. The van der Waals surface area contributed by atoms with E-state index in [0.717, 1.165) is 6.29 Å². The van der Waals surface area contributed by atoms with Crippen LogP contribution in [0.25, 0.3) is 0 Å². The van der Waals surface area contributed by atoms with E-state index in [1.807, 2.05) is 0 Å². The minimum absolute atomic E-state index is 0.0869. The maximum atomic E-state index is 9.76. The van der Waals surface area contributed by atoms with Gasteiger partial charge in [0.2, 0.25) is 0 Å². The van der Waals surface area contributed by atoms with Gasteiger partial charge in [-0.15, -0.1) is 0 Å². The molecule has 0 unspecified atom stereocenters. The summed E-state index contributed by atoms with van der Waals surface area (Å²) in [6.45, 7) is 0.756. The van der Waals surface area contributed by atoms with E-state index in [1.165, 1.54) is 6.92 Å². The van der Waals surface area contributed by atoms with Crippen LogP contribution < -0.4 is 0 Å². The molecular weight excluding hydrogens is 180 g/mol. The van der Waals surface area contributed by atoms with E-state index in [9.17, 15) is 4.79 Å². The number of aldehydes is 2. The van der Waals surface area contributed by atoms with E-state index in [0.29, 0.717) is 0 Å². The molecule has 0 heterocycles. The van der Waals surface area contributed by atoms with E-state index in [2.05, 4.69) is 0 Å². The number of hydrogen-bond acceptors (Lipinski definition) is 6. The third-order valence-corrected chi connectivity index (χ3v) is 1.07. The third kappa shape index (κ3) is 7.54. The summed E-state index contributed by atoms with van der Waals surface area (Å²) in [7, 11) is 0. The summed E-state index contributed by atoms with van der Waals surface area (Å²) in [5.74, 6) is 0. The molecule has 0 aliphatic heterocycles. The average Bonchev–Trinajstić information content (AvgIpc) is 2.15. The fourth-order valence-corrected chi connectivity index (χ4v) is 0.416. The van der Waals surface area contributed by atoms with Crippen molar-refractivity contribution in [3.05, 3.63) is 0 Å². The van der Waals surface area contributed by atoms with Gasteiger partial charge in [0, 0.05) is 0 Å². The lowest BCUT2D eigenvalue weighted by atomic mass is 10.1. The molecule has 0 aromatic carbocycles. The first-order chi connectivity index (χ1) is 6.04. The Balaban J connectivity index is 0. The number of aliphatic hydroxyl groups is 4. The standard InChI is InChI=1S/C5H10O5.C2H4O/c6-1-3(8)5(10)4(9)2-7;1-2-3/h1,3-5,7-10H,2H2;2H,1H3/t3-,4+,5+;/m0./s1. The Morgan fingerprint density at radius 1 is 1.23 bits per heavy atom. The predicted molar refractivity (Wildman–Crippen MR) is 42.9 cm³/mol. The first-order valence-electron chi connectivity index (χ1n) is 3.55. The zero-order chi connectivity index (χ0) is 10.9. The molecule has 0 aromatic heterocycles. The van der Waals surface area contributed by atoms with Crippen molar-refractivity contribution in [1.29, 1.82) is 0 Å². The quantitative estimate of drug-likeness (QED) is 0.367. The molecule has 0 aromatic rings. The van der Waals surface area contributed by atoms with Crippen molar-refractivity contribution in [3.63, 3.8) is 0 Å². The Bertz CT molecular complexity index is 137. The Morgan fingerprint density at radius 3 is 1.85 bits per heavy atom. The molecule has 3 atom stereocenters. The van der Waals surface area contributed by atoms with E-state index in [1.54, 1.807) is 0 Å². The van der Waals surface area contributed by atoms with E-state index >= 15 is 0 Å². The molecule has 0 amide bonds. The molecule has 4 N–H and O–H groups in total. The van der Waals surface area contributed by atoms with Crippen molar-refractivity contribution in [1.82, 2.24) is 0 Å². The maximum Gasteiger partial charge on any atom is 0.151 e. The lowest BCUT2D eigenvalue weighted by molar-refractivity contribution is -0.127. The van der Waals surface area contributed by atoms with Crippen LogP contribution >= 0.6 is 0 Å². The van der Waals surface area contributed by atoms with Crippen molar-refractivity contribution < 1.29 is 30.0 Å². The Labute approximate surface area is 75.4 Å². The zero-order valence-corrected chi connectivity index (χ0v) is 7.20. The average molecular weight is 194 g/mol. The molecule has 0 bridgehead atoms. The van der Waals surface area contributed by atoms with Crippen LogP contribution in [0.15, 0.2) is 0 Å². The fourth-order valence-electron chi connectivity index (χ4n) is 0.416. The van der Waals surface area contributed by atoms with E-state index in [-0.39, 0.29) is 6.29 Å². The van der Waals surface area contributed by atoms with E-state index < -0.39 is 24.9 Å². The monoisotopic (exact) mass is 194 g/mol. The van der Waals surface area contributed by atoms with Gasteiger partial charge in [-0.2, -0.15) is 0 Å². The summed E-state index contributed by atoms with van der Waals surface area (Å²) in [6.07, 6.45) is -3.88. The smallest absolute Gasteiger partial charge is 0.151 e. The van der Waals surface area contributed by atoms with Crippen LogP contribution in [0.2, 0.25) is 0 Å². The van der Waals surface area contributed by atoms with Gasteiger partial charge < -0.3 is 30.0 Å². The molecule has 0 saturated heterocycles. The Morgan fingerprint density at radius 2 is 1.62 bits per heavy atom. The third-order valence-electron chi connectivity index (χ3n) is 1.07. The Hall–Kier alpha value is -0.820. The van der Waals surface area contributed by atoms with Crippen LogP contribution in [-0.4, -0.2) is 57.9 Å². The SMILES string of the molecule is CC=O.O=C[C@H](O)[C@@H](O)[C@H](O)CO. The normalized spacial score (nSPS) is 16.1. The maximum absolute atomic E-state index is 9.76. The lowest BCUT2D eigenvalue weighted by Crippen LogP contribution is -2.40. The highest BCUT2D eigenvalue weighted by Gasteiger charge is 2.22. The number of carbonyl (C=O) groups is 2. The summed E-state index contributed by atoms with van der Waals surface area (Å²) in [4.78, 5) is 18.6. The molecule has 0 spiro atoms. The van der Waals surface area contributed by atoms with Crippen molar-refractivity contribution in [2.75, 3.05) is 6.61 Å². The van der Waals surface area contributed by atoms with Gasteiger partial charge in [0.15, 0.2) is 6.29 Å². The van der Waals surface area contributed by atoms with Crippen LogP contribution in [0, 0.1) is 0 Å². The van der Waals surface area contributed by atoms with Gasteiger partial charge in [-0.25, -0.2) is 0 Å². The van der Waals surface area contributed by atoms with Crippen LogP contribution in [0.3, 0.4) is 0 Å². The Kier molecular flexibility index (Phi) is 10.5. The minimum atomic E-state index is -1.64. The molecule has 78 valence electrons. The molecule has 0 radical (unpaired) electrons. The minimum Gasteiger partial charge on any atom is -0.394 e. The van der Waals surface area contributed by atoms with Gasteiger partial charge >= 0.3 is 0 Å². The van der Waals surface area contributed by atoms with Gasteiger partial charge in [0.1, 0.15) is 24.6 Å². The van der Waals surface area contributed by atoms with Crippen LogP contribution in [0.1, 0.15) is 6.92 Å². The molecule has 13 heavy (non-hydrogen) atoms. The number of aliphatic hydroxyl groups excluding tert-OH is 4. The van der Waals surface area contributed by atoms with Crippen LogP contribution in [-0.2, 0) is 9.59 Å². The molecule has 0 aliphatic carbocycles. The predicted octanol–water partition coefficient (Wildman–Crippen LogP) is -2.53. The molecule has 0 fully saturated rings.